The highest BCUT2D eigenvalue weighted by Gasteiger charge is 2.16. The number of benzene rings is 2. The van der Waals surface area contributed by atoms with Gasteiger partial charge in [0.15, 0.2) is 0 Å². The molecule has 1 N–H and O–H groups in total. The second kappa shape index (κ2) is 5.47. The maximum Gasteiger partial charge on any atom is 0.235 e. The van der Waals surface area contributed by atoms with E-state index in [0.717, 1.165) is 16.7 Å². The molecule has 1 heterocycles. The van der Waals surface area contributed by atoms with Crippen LogP contribution in [0.25, 0.3) is 11.0 Å². The molecule has 0 saturated heterocycles. The third-order valence-electron chi connectivity index (χ3n) is 4.08. The molecule has 4 nitrogen and oxygen atoms in total. The van der Waals surface area contributed by atoms with Crippen LogP contribution < -0.4 is 10.2 Å². The maximum absolute atomic E-state index is 12.7. The first-order valence-corrected chi connectivity index (χ1v) is 7.39. The molecule has 1 aromatic heterocycles. The minimum absolute atomic E-state index is 0.0547. The van der Waals surface area contributed by atoms with Gasteiger partial charge in [-0.15, -0.1) is 0 Å². The van der Waals surface area contributed by atoms with E-state index in [-0.39, 0.29) is 16.9 Å². The number of hydrogen-bond acceptors (Lipinski definition) is 4. The lowest BCUT2D eigenvalue weighted by molar-refractivity contribution is 0.430. The van der Waals surface area contributed by atoms with Gasteiger partial charge in [-0.05, 0) is 56.5 Å². The summed E-state index contributed by atoms with van der Waals surface area (Å²) in [5, 5.41) is 9.91. The van der Waals surface area contributed by atoms with Gasteiger partial charge in [0.2, 0.25) is 11.2 Å². The smallest absolute Gasteiger partial charge is 0.235 e. The fraction of sp³-hybridized carbons (Fsp3) is 0.211. The predicted octanol–water partition coefficient (Wildman–Crippen LogP) is 4.52. The number of ether oxygens (including phenoxy) is 1. The molecule has 0 fully saturated rings. The van der Waals surface area contributed by atoms with E-state index >= 15 is 0 Å². The Kier molecular flexibility index (Phi) is 3.60. The molecule has 4 heteroatoms. The number of rotatable bonds is 2. The molecular formula is C19H18O4. The molecule has 0 unspecified atom stereocenters. The van der Waals surface area contributed by atoms with Crippen LogP contribution in [-0.4, -0.2) is 5.11 Å². The van der Waals surface area contributed by atoms with Crippen LogP contribution in [0.4, 0.5) is 0 Å². The second-order valence-electron chi connectivity index (χ2n) is 5.75. The first kappa shape index (κ1) is 15.2. The fourth-order valence-electron chi connectivity index (χ4n) is 2.58. The number of hydrogen-bond donors (Lipinski definition) is 1. The number of phenolic OH excluding ortho intramolecular Hbond substituents is 1. The Bertz CT molecular complexity index is 967. The average molecular weight is 310 g/mol. The molecule has 3 aromatic rings. The Hall–Kier alpha value is -2.75. The summed E-state index contributed by atoms with van der Waals surface area (Å²) in [7, 11) is 0. The molecule has 2 aromatic carbocycles. The van der Waals surface area contributed by atoms with Crippen molar-refractivity contribution in [2.75, 3.05) is 0 Å². The first-order valence-electron chi connectivity index (χ1n) is 7.39. The van der Waals surface area contributed by atoms with E-state index in [9.17, 15) is 9.90 Å². The predicted molar refractivity (Wildman–Crippen MR) is 89.6 cm³/mol. The van der Waals surface area contributed by atoms with Crippen molar-refractivity contribution >= 4 is 11.0 Å². The summed E-state index contributed by atoms with van der Waals surface area (Å²) in [5.74, 6) is 1.30. The molecule has 0 spiro atoms. The molecule has 0 aliphatic heterocycles. The molecule has 0 atom stereocenters. The molecule has 0 radical (unpaired) electrons. The highest BCUT2D eigenvalue weighted by atomic mass is 16.5. The zero-order valence-corrected chi connectivity index (χ0v) is 13.6. The summed E-state index contributed by atoms with van der Waals surface area (Å²) in [5.41, 5.74) is 3.15. The van der Waals surface area contributed by atoms with Gasteiger partial charge < -0.3 is 14.3 Å². The van der Waals surface area contributed by atoms with Gasteiger partial charge in [0.05, 0.1) is 5.39 Å². The second-order valence-corrected chi connectivity index (χ2v) is 5.75. The van der Waals surface area contributed by atoms with Crippen molar-refractivity contribution in [3.63, 3.8) is 0 Å². The normalized spacial score (nSPS) is 11.0. The van der Waals surface area contributed by atoms with Crippen molar-refractivity contribution in [2.45, 2.75) is 27.7 Å². The average Bonchev–Trinajstić information content (AvgIpc) is 2.50. The van der Waals surface area contributed by atoms with Gasteiger partial charge in [0, 0.05) is 6.07 Å². The summed E-state index contributed by atoms with van der Waals surface area (Å²) in [4.78, 5) is 12.7. The van der Waals surface area contributed by atoms with E-state index < -0.39 is 0 Å². The first-order chi connectivity index (χ1) is 10.9. The van der Waals surface area contributed by atoms with Gasteiger partial charge in [-0.2, -0.15) is 0 Å². The van der Waals surface area contributed by atoms with Crippen molar-refractivity contribution in [1.82, 2.24) is 0 Å². The Morgan fingerprint density at radius 1 is 0.957 bits per heavy atom. The van der Waals surface area contributed by atoms with E-state index in [1.807, 2.05) is 32.9 Å². The molecule has 0 saturated carbocycles. The van der Waals surface area contributed by atoms with Gasteiger partial charge in [-0.1, -0.05) is 12.1 Å². The van der Waals surface area contributed by atoms with Crippen molar-refractivity contribution in [3.8, 4) is 17.2 Å². The maximum atomic E-state index is 12.7. The Morgan fingerprint density at radius 2 is 1.65 bits per heavy atom. The van der Waals surface area contributed by atoms with Crippen molar-refractivity contribution in [2.24, 2.45) is 0 Å². The quantitative estimate of drug-likeness (QED) is 0.755. The number of aromatic hydroxyl groups is 1. The summed E-state index contributed by atoms with van der Waals surface area (Å²) in [6.07, 6.45) is 0. The van der Waals surface area contributed by atoms with Crippen LogP contribution in [0, 0.1) is 27.7 Å². The monoisotopic (exact) mass is 310 g/mol. The van der Waals surface area contributed by atoms with Crippen molar-refractivity contribution < 1.29 is 14.3 Å². The van der Waals surface area contributed by atoms with E-state index in [1.165, 1.54) is 12.1 Å². The van der Waals surface area contributed by atoms with E-state index in [2.05, 4.69) is 0 Å². The highest BCUT2D eigenvalue weighted by Crippen LogP contribution is 2.32. The summed E-state index contributed by atoms with van der Waals surface area (Å²) in [6, 6.07) is 8.42. The van der Waals surface area contributed by atoms with Crippen molar-refractivity contribution in [3.05, 3.63) is 63.0 Å². The van der Waals surface area contributed by atoms with Crippen LogP contribution in [0.3, 0.4) is 0 Å². The zero-order chi connectivity index (χ0) is 16.7. The summed E-state index contributed by atoms with van der Waals surface area (Å²) in [6.45, 7) is 7.59. The zero-order valence-electron chi connectivity index (χ0n) is 13.6. The van der Waals surface area contributed by atoms with Gasteiger partial charge in [-0.3, -0.25) is 4.79 Å². The standard InChI is InChI=1S/C19H18O4/c1-10-5-6-11(2)18(12(10)3)23-19-13(4)22-16-9-14(20)7-8-15(16)17(19)21/h5-9,20H,1-4H3. The molecule has 3 rings (SSSR count). The van der Waals surface area contributed by atoms with E-state index in [0.29, 0.717) is 22.5 Å². The van der Waals surface area contributed by atoms with Gasteiger partial charge in [0.25, 0.3) is 0 Å². The Morgan fingerprint density at radius 3 is 2.39 bits per heavy atom. The van der Waals surface area contributed by atoms with Crippen LogP contribution in [0.5, 0.6) is 17.2 Å². The minimum Gasteiger partial charge on any atom is -0.508 e. The SMILES string of the molecule is Cc1ccc(C)c(Oc2c(C)oc3cc(O)ccc3c2=O)c1C. The van der Waals surface area contributed by atoms with Crippen molar-refractivity contribution in [1.29, 1.82) is 0 Å². The summed E-state index contributed by atoms with van der Waals surface area (Å²) >= 11 is 0. The lowest BCUT2D eigenvalue weighted by Crippen LogP contribution is -2.08. The van der Waals surface area contributed by atoms with Gasteiger partial charge in [-0.25, -0.2) is 0 Å². The van der Waals surface area contributed by atoms with Gasteiger partial charge in [0.1, 0.15) is 22.8 Å². The lowest BCUT2D eigenvalue weighted by Gasteiger charge is -2.14. The Labute approximate surface area is 134 Å². The Balaban J connectivity index is 2.20. The molecule has 23 heavy (non-hydrogen) atoms. The topological polar surface area (TPSA) is 59.7 Å². The number of aryl methyl sites for hydroxylation is 3. The third kappa shape index (κ3) is 2.57. The highest BCUT2D eigenvalue weighted by molar-refractivity contribution is 5.79. The van der Waals surface area contributed by atoms with E-state index in [4.69, 9.17) is 9.15 Å². The molecule has 0 aliphatic rings. The van der Waals surface area contributed by atoms with E-state index in [1.54, 1.807) is 13.0 Å². The largest absolute Gasteiger partial charge is 0.508 e. The van der Waals surface area contributed by atoms with Crippen LogP contribution in [0.2, 0.25) is 0 Å². The number of fused-ring (bicyclic) bond motifs is 1. The van der Waals surface area contributed by atoms with Crippen LogP contribution in [-0.2, 0) is 0 Å². The molecule has 0 aliphatic carbocycles. The molecular weight excluding hydrogens is 292 g/mol. The molecule has 0 amide bonds. The van der Waals surface area contributed by atoms with Crippen LogP contribution >= 0.6 is 0 Å². The molecule has 118 valence electrons. The third-order valence-corrected chi connectivity index (χ3v) is 4.08. The minimum atomic E-state index is -0.246. The fourth-order valence-corrected chi connectivity index (χ4v) is 2.58. The molecule has 0 bridgehead atoms. The number of phenols is 1. The van der Waals surface area contributed by atoms with Gasteiger partial charge >= 0.3 is 0 Å². The van der Waals surface area contributed by atoms with Crippen LogP contribution in [0.1, 0.15) is 22.5 Å². The summed E-state index contributed by atoms with van der Waals surface area (Å²) < 4.78 is 11.6. The van der Waals surface area contributed by atoms with Crippen LogP contribution in [0.15, 0.2) is 39.5 Å². The lowest BCUT2D eigenvalue weighted by atomic mass is 10.1.